The number of carbonyl (C=O) groups is 1. The second-order valence-corrected chi connectivity index (χ2v) is 4.45. The molecule has 0 unspecified atom stereocenters. The number of benzene rings is 1. The Balaban J connectivity index is 0.00000361. The molecular formula is C15H25ClN2O2. The maximum Gasteiger partial charge on any atom is 0.221 e. The molecule has 1 rings (SSSR count). The summed E-state index contributed by atoms with van der Waals surface area (Å²) >= 11 is 0. The molecule has 114 valence electrons. The topological polar surface area (TPSA) is 50.4 Å². The lowest BCUT2D eigenvalue weighted by molar-refractivity contribution is -0.121. The van der Waals surface area contributed by atoms with Crippen LogP contribution in [0, 0.1) is 0 Å². The van der Waals surface area contributed by atoms with Crippen molar-refractivity contribution in [2.75, 3.05) is 20.2 Å². The largest absolute Gasteiger partial charge is 0.377 e. The third kappa shape index (κ3) is 7.48. The zero-order chi connectivity index (χ0) is 13.9. The molecule has 0 aliphatic rings. The number of nitrogens with one attached hydrogen (secondary N) is 2. The molecule has 2 N–H and O–H groups in total. The molecule has 1 aromatic carbocycles. The highest BCUT2D eigenvalue weighted by Crippen LogP contribution is 2.10. The maximum atomic E-state index is 11.6. The van der Waals surface area contributed by atoms with E-state index in [-0.39, 0.29) is 18.3 Å². The smallest absolute Gasteiger partial charge is 0.221 e. The highest BCUT2D eigenvalue weighted by Gasteiger charge is 2.04. The summed E-state index contributed by atoms with van der Waals surface area (Å²) in [5, 5.41) is 5.89. The van der Waals surface area contributed by atoms with Gasteiger partial charge in [-0.2, -0.15) is 0 Å². The molecule has 0 radical (unpaired) electrons. The van der Waals surface area contributed by atoms with E-state index in [4.69, 9.17) is 4.74 Å². The van der Waals surface area contributed by atoms with Crippen LogP contribution in [-0.2, 0) is 22.7 Å². The van der Waals surface area contributed by atoms with Crippen LogP contribution in [0.3, 0.4) is 0 Å². The Morgan fingerprint density at radius 3 is 2.60 bits per heavy atom. The van der Waals surface area contributed by atoms with E-state index in [0.717, 1.165) is 24.2 Å². The molecule has 0 heterocycles. The van der Waals surface area contributed by atoms with Crippen molar-refractivity contribution in [1.82, 2.24) is 10.6 Å². The van der Waals surface area contributed by atoms with Crippen LogP contribution in [-0.4, -0.2) is 26.1 Å². The second kappa shape index (κ2) is 11.7. The van der Waals surface area contributed by atoms with E-state index in [0.29, 0.717) is 26.1 Å². The van der Waals surface area contributed by atoms with Gasteiger partial charge in [-0.15, -0.1) is 12.4 Å². The second-order valence-electron chi connectivity index (χ2n) is 4.45. The summed E-state index contributed by atoms with van der Waals surface area (Å²) in [5.74, 6) is 0.0682. The van der Waals surface area contributed by atoms with Gasteiger partial charge in [0.15, 0.2) is 0 Å². The summed E-state index contributed by atoms with van der Waals surface area (Å²) in [4.78, 5) is 11.6. The molecular weight excluding hydrogens is 276 g/mol. The van der Waals surface area contributed by atoms with Crippen LogP contribution in [0.15, 0.2) is 24.3 Å². The van der Waals surface area contributed by atoms with Gasteiger partial charge in [-0.1, -0.05) is 31.2 Å². The first-order valence-electron chi connectivity index (χ1n) is 6.83. The average Bonchev–Trinajstić information content (AvgIpc) is 2.44. The van der Waals surface area contributed by atoms with Crippen molar-refractivity contribution < 1.29 is 9.53 Å². The fraction of sp³-hybridized carbons (Fsp3) is 0.533. The molecule has 20 heavy (non-hydrogen) atoms. The lowest BCUT2D eigenvalue weighted by atomic mass is 10.1. The number of rotatable bonds is 9. The van der Waals surface area contributed by atoms with Crippen molar-refractivity contribution in [3.8, 4) is 0 Å². The predicted octanol–water partition coefficient (Wildman–Crippen LogP) is 2.26. The third-order valence-corrected chi connectivity index (χ3v) is 2.80. The van der Waals surface area contributed by atoms with Crippen molar-refractivity contribution in [3.63, 3.8) is 0 Å². The monoisotopic (exact) mass is 300 g/mol. The summed E-state index contributed by atoms with van der Waals surface area (Å²) in [6.45, 7) is 4.73. The van der Waals surface area contributed by atoms with Crippen molar-refractivity contribution in [2.24, 2.45) is 0 Å². The SMILES string of the molecule is CCCOCc1ccccc1CNC(=O)CCNC.Cl. The van der Waals surface area contributed by atoms with E-state index in [1.165, 1.54) is 0 Å². The summed E-state index contributed by atoms with van der Waals surface area (Å²) in [6, 6.07) is 8.06. The van der Waals surface area contributed by atoms with Crippen molar-refractivity contribution in [3.05, 3.63) is 35.4 Å². The van der Waals surface area contributed by atoms with E-state index in [1.807, 2.05) is 31.3 Å². The molecule has 0 saturated heterocycles. The van der Waals surface area contributed by atoms with Crippen LogP contribution in [0.5, 0.6) is 0 Å². The summed E-state index contributed by atoms with van der Waals surface area (Å²) in [6.07, 6.45) is 1.52. The van der Waals surface area contributed by atoms with E-state index < -0.39 is 0 Å². The Morgan fingerprint density at radius 2 is 1.95 bits per heavy atom. The maximum absolute atomic E-state index is 11.6. The van der Waals surface area contributed by atoms with Gasteiger partial charge in [0.2, 0.25) is 5.91 Å². The Morgan fingerprint density at radius 1 is 1.25 bits per heavy atom. The standard InChI is InChI=1S/C15H24N2O2.ClH/c1-3-10-19-12-14-7-5-4-6-13(14)11-17-15(18)8-9-16-2;/h4-7,16H,3,8-12H2,1-2H3,(H,17,18);1H. The predicted molar refractivity (Wildman–Crippen MR) is 84.0 cm³/mol. The fourth-order valence-corrected chi connectivity index (χ4v) is 1.72. The molecule has 0 saturated carbocycles. The lowest BCUT2D eigenvalue weighted by Crippen LogP contribution is -2.26. The van der Waals surface area contributed by atoms with Crippen LogP contribution in [0.4, 0.5) is 0 Å². The third-order valence-electron chi connectivity index (χ3n) is 2.80. The Bertz CT molecular complexity index is 386. The molecule has 0 aliphatic heterocycles. The van der Waals surface area contributed by atoms with Crippen LogP contribution in [0.1, 0.15) is 30.9 Å². The normalized spacial score (nSPS) is 9.90. The first-order chi connectivity index (χ1) is 9.27. The minimum absolute atomic E-state index is 0. The first-order valence-corrected chi connectivity index (χ1v) is 6.83. The average molecular weight is 301 g/mol. The quantitative estimate of drug-likeness (QED) is 0.688. The Hall–Kier alpha value is -1.10. The van der Waals surface area contributed by atoms with Crippen LogP contribution >= 0.6 is 12.4 Å². The number of halogens is 1. The zero-order valence-corrected chi connectivity index (χ0v) is 13.1. The number of ether oxygens (including phenoxy) is 1. The van der Waals surface area contributed by atoms with Crippen molar-refractivity contribution >= 4 is 18.3 Å². The van der Waals surface area contributed by atoms with Gasteiger partial charge >= 0.3 is 0 Å². The lowest BCUT2D eigenvalue weighted by Gasteiger charge is -2.11. The zero-order valence-electron chi connectivity index (χ0n) is 12.3. The molecule has 4 nitrogen and oxygen atoms in total. The molecule has 0 aromatic heterocycles. The van der Waals surface area contributed by atoms with Gasteiger partial charge in [0.25, 0.3) is 0 Å². The molecule has 0 fully saturated rings. The van der Waals surface area contributed by atoms with E-state index in [2.05, 4.69) is 17.6 Å². The van der Waals surface area contributed by atoms with Crippen LogP contribution in [0.25, 0.3) is 0 Å². The number of hydrogen-bond acceptors (Lipinski definition) is 3. The first kappa shape index (κ1) is 18.9. The molecule has 5 heteroatoms. The summed E-state index contributed by atoms with van der Waals surface area (Å²) in [7, 11) is 1.84. The van der Waals surface area contributed by atoms with Gasteiger partial charge in [0, 0.05) is 26.1 Å². The van der Waals surface area contributed by atoms with Crippen molar-refractivity contribution in [2.45, 2.75) is 32.9 Å². The summed E-state index contributed by atoms with van der Waals surface area (Å²) < 4.78 is 5.56. The van der Waals surface area contributed by atoms with Crippen molar-refractivity contribution in [1.29, 1.82) is 0 Å². The van der Waals surface area contributed by atoms with Gasteiger partial charge in [0.1, 0.15) is 0 Å². The van der Waals surface area contributed by atoms with Gasteiger partial charge < -0.3 is 15.4 Å². The Labute approximate surface area is 127 Å². The number of amides is 1. The van der Waals surface area contributed by atoms with E-state index in [9.17, 15) is 4.79 Å². The van der Waals surface area contributed by atoms with Gasteiger partial charge in [-0.25, -0.2) is 0 Å². The highest BCUT2D eigenvalue weighted by atomic mass is 35.5. The minimum atomic E-state index is 0. The number of carbonyl (C=O) groups excluding carboxylic acids is 1. The van der Waals surface area contributed by atoms with Gasteiger partial charge in [-0.05, 0) is 24.6 Å². The van der Waals surface area contributed by atoms with E-state index in [1.54, 1.807) is 0 Å². The molecule has 0 spiro atoms. The van der Waals surface area contributed by atoms with Crippen LogP contribution < -0.4 is 10.6 Å². The molecule has 0 bridgehead atoms. The molecule has 0 aliphatic carbocycles. The molecule has 1 aromatic rings. The van der Waals surface area contributed by atoms with Crippen LogP contribution in [0.2, 0.25) is 0 Å². The summed E-state index contributed by atoms with van der Waals surface area (Å²) in [5.41, 5.74) is 2.27. The fourth-order valence-electron chi connectivity index (χ4n) is 1.72. The minimum Gasteiger partial charge on any atom is -0.377 e. The van der Waals surface area contributed by atoms with E-state index >= 15 is 0 Å². The number of hydrogen-bond donors (Lipinski definition) is 2. The highest BCUT2D eigenvalue weighted by molar-refractivity contribution is 5.85. The van der Waals surface area contributed by atoms with Gasteiger partial charge in [-0.3, -0.25) is 4.79 Å². The molecule has 1 amide bonds. The molecule has 0 atom stereocenters. The Kier molecular flexibility index (Phi) is 11.1. The van der Waals surface area contributed by atoms with Gasteiger partial charge in [0.05, 0.1) is 6.61 Å².